The van der Waals surface area contributed by atoms with Crippen LogP contribution in [-0.2, 0) is 0 Å². The van der Waals surface area contributed by atoms with E-state index < -0.39 is 0 Å². The molecule has 0 radical (unpaired) electrons. The van der Waals surface area contributed by atoms with Crippen LogP contribution in [0.1, 0.15) is 50.4 Å². The van der Waals surface area contributed by atoms with Gasteiger partial charge in [-0.3, -0.25) is 4.90 Å². The van der Waals surface area contributed by atoms with Crippen molar-refractivity contribution in [2.45, 2.75) is 58.2 Å². The minimum Gasteiger partial charge on any atom is -0.395 e. The van der Waals surface area contributed by atoms with E-state index >= 15 is 0 Å². The molecule has 0 spiro atoms. The third kappa shape index (κ3) is 4.28. The summed E-state index contributed by atoms with van der Waals surface area (Å²) < 4.78 is 1.92. The Morgan fingerprint density at radius 3 is 2.76 bits per heavy atom. The van der Waals surface area contributed by atoms with Gasteiger partial charge in [-0.05, 0) is 63.3 Å². The Morgan fingerprint density at radius 1 is 1.21 bits per heavy atom. The van der Waals surface area contributed by atoms with Crippen LogP contribution in [0.5, 0.6) is 0 Å². The van der Waals surface area contributed by atoms with Crippen LogP contribution in [0.25, 0.3) is 11.2 Å². The van der Waals surface area contributed by atoms with E-state index in [-0.39, 0.29) is 12.6 Å². The molecule has 4 heterocycles. The van der Waals surface area contributed by atoms with Crippen molar-refractivity contribution in [3.8, 4) is 0 Å². The van der Waals surface area contributed by atoms with Gasteiger partial charge in [-0.25, -0.2) is 14.6 Å². The number of hydrogen-bond donors (Lipinski definition) is 1. The first kappa shape index (κ1) is 23.8. The zero-order chi connectivity index (χ0) is 24.0. The van der Waals surface area contributed by atoms with Crippen LogP contribution in [0.4, 0.5) is 5.82 Å². The minimum absolute atomic E-state index is 0.110. The SMILES string of the molecule is Cc1nn([C@H](C)c2ccc(Cl)cc2Cl)c2nc(N3CCC(N4CCCC4CO)[C@@H](C)C3)cnc12. The van der Waals surface area contributed by atoms with Crippen molar-refractivity contribution in [3.63, 3.8) is 0 Å². The number of benzene rings is 1. The Kier molecular flexibility index (Phi) is 6.73. The van der Waals surface area contributed by atoms with Gasteiger partial charge < -0.3 is 10.0 Å². The molecule has 2 aliphatic heterocycles. The number of likely N-dealkylation sites (tertiary alicyclic amines) is 1. The van der Waals surface area contributed by atoms with Crippen LogP contribution in [0.2, 0.25) is 10.0 Å². The van der Waals surface area contributed by atoms with Crippen LogP contribution < -0.4 is 4.90 Å². The first-order valence-electron chi connectivity index (χ1n) is 12.2. The zero-order valence-electron chi connectivity index (χ0n) is 20.0. The van der Waals surface area contributed by atoms with Gasteiger partial charge in [-0.15, -0.1) is 0 Å². The second-order valence-corrected chi connectivity index (χ2v) is 10.6. The predicted octanol–water partition coefficient (Wildman–Crippen LogP) is 4.72. The van der Waals surface area contributed by atoms with Crippen LogP contribution >= 0.6 is 23.2 Å². The molecule has 0 saturated carbocycles. The maximum Gasteiger partial charge on any atom is 0.179 e. The lowest BCUT2D eigenvalue weighted by atomic mass is 9.92. The van der Waals surface area contributed by atoms with Crippen LogP contribution in [0.15, 0.2) is 24.4 Å². The largest absolute Gasteiger partial charge is 0.395 e. The molecule has 4 atom stereocenters. The number of anilines is 1. The van der Waals surface area contributed by atoms with Crippen molar-refractivity contribution in [2.75, 3.05) is 31.1 Å². The van der Waals surface area contributed by atoms with E-state index in [1.807, 2.05) is 29.9 Å². The van der Waals surface area contributed by atoms with Gasteiger partial charge >= 0.3 is 0 Å². The molecule has 0 aliphatic carbocycles. The number of nitrogens with zero attached hydrogens (tertiary/aromatic N) is 6. The number of aliphatic hydroxyl groups is 1. The summed E-state index contributed by atoms with van der Waals surface area (Å²) in [4.78, 5) is 14.7. The van der Waals surface area contributed by atoms with E-state index in [2.05, 4.69) is 23.6 Å². The van der Waals surface area contributed by atoms with Gasteiger partial charge in [-0.1, -0.05) is 36.2 Å². The Bertz CT molecular complexity index is 1180. The standard InChI is InChI=1S/C25H32Cl2N6O/c1-15-13-31(10-8-22(15)32-9-4-5-19(32)14-34)23-12-28-24-16(2)30-33(25(24)29-23)17(3)20-7-6-18(26)11-21(20)27/h6-7,11-12,15,17,19,22,34H,4-5,8-10,13-14H2,1-3H3/t15-,17+,19?,22?/m0/s1. The van der Waals surface area contributed by atoms with Gasteiger partial charge in [0.1, 0.15) is 11.3 Å². The van der Waals surface area contributed by atoms with Crippen LogP contribution in [0, 0.1) is 12.8 Å². The Labute approximate surface area is 210 Å². The highest BCUT2D eigenvalue weighted by Gasteiger charge is 2.36. The van der Waals surface area contributed by atoms with Crippen molar-refractivity contribution in [3.05, 3.63) is 45.7 Å². The lowest BCUT2D eigenvalue weighted by Crippen LogP contribution is -2.52. The normalized spacial score (nSPS) is 24.8. The number of rotatable bonds is 5. The Balaban J connectivity index is 1.41. The van der Waals surface area contributed by atoms with Crippen molar-refractivity contribution in [2.24, 2.45) is 5.92 Å². The number of aromatic nitrogens is 4. The molecule has 1 aromatic carbocycles. The summed E-state index contributed by atoms with van der Waals surface area (Å²) in [6.45, 7) is 9.54. The molecule has 9 heteroatoms. The first-order valence-corrected chi connectivity index (χ1v) is 12.9. The molecule has 2 aliphatic rings. The molecular weight excluding hydrogens is 471 g/mol. The highest BCUT2D eigenvalue weighted by Crippen LogP contribution is 2.33. The van der Waals surface area contributed by atoms with Crippen LogP contribution in [0.3, 0.4) is 0 Å². The van der Waals surface area contributed by atoms with Crippen molar-refractivity contribution in [1.29, 1.82) is 0 Å². The molecule has 2 aromatic heterocycles. The van der Waals surface area contributed by atoms with E-state index in [9.17, 15) is 5.11 Å². The molecule has 1 N–H and O–H groups in total. The monoisotopic (exact) mass is 502 g/mol. The highest BCUT2D eigenvalue weighted by molar-refractivity contribution is 6.35. The van der Waals surface area contributed by atoms with Crippen molar-refractivity contribution >= 4 is 40.2 Å². The fourth-order valence-corrected chi connectivity index (χ4v) is 6.33. The second kappa shape index (κ2) is 9.61. The zero-order valence-corrected chi connectivity index (χ0v) is 21.5. The summed E-state index contributed by atoms with van der Waals surface area (Å²) in [6.07, 6.45) is 5.22. The third-order valence-corrected chi connectivity index (χ3v) is 8.14. The maximum absolute atomic E-state index is 9.78. The molecular formula is C25H32Cl2N6O. The molecule has 34 heavy (non-hydrogen) atoms. The molecule has 0 bridgehead atoms. The highest BCUT2D eigenvalue weighted by atomic mass is 35.5. The van der Waals surface area contributed by atoms with E-state index in [0.717, 1.165) is 60.7 Å². The molecule has 3 aromatic rings. The number of aliphatic hydroxyl groups excluding tert-OH is 1. The Hall–Kier alpha value is -1.93. The summed E-state index contributed by atoms with van der Waals surface area (Å²) in [5.74, 6) is 1.37. The lowest BCUT2D eigenvalue weighted by Gasteiger charge is -2.43. The third-order valence-electron chi connectivity index (χ3n) is 7.58. The second-order valence-electron chi connectivity index (χ2n) is 9.77. The fraction of sp³-hybridized carbons (Fsp3) is 0.560. The average Bonchev–Trinajstić information content (AvgIpc) is 3.42. The molecule has 182 valence electrons. The number of hydrogen-bond acceptors (Lipinski definition) is 6. The van der Waals surface area contributed by atoms with Gasteiger partial charge in [0.25, 0.3) is 0 Å². The molecule has 5 rings (SSSR count). The fourth-order valence-electron chi connectivity index (χ4n) is 5.76. The average molecular weight is 503 g/mol. The van der Waals surface area contributed by atoms with E-state index in [0.29, 0.717) is 28.0 Å². The van der Waals surface area contributed by atoms with Gasteiger partial charge in [0, 0.05) is 35.2 Å². The number of piperidine rings is 1. The van der Waals surface area contributed by atoms with Gasteiger partial charge in [0.15, 0.2) is 5.65 Å². The Morgan fingerprint density at radius 2 is 2.03 bits per heavy atom. The van der Waals surface area contributed by atoms with E-state index in [1.54, 1.807) is 6.07 Å². The molecule has 2 saturated heterocycles. The van der Waals surface area contributed by atoms with E-state index in [1.165, 1.54) is 6.42 Å². The van der Waals surface area contributed by atoms with Crippen molar-refractivity contribution in [1.82, 2.24) is 24.6 Å². The quantitative estimate of drug-likeness (QED) is 0.544. The summed E-state index contributed by atoms with van der Waals surface area (Å²) in [5.41, 5.74) is 3.37. The van der Waals surface area contributed by atoms with Crippen molar-refractivity contribution < 1.29 is 5.11 Å². The molecule has 2 fully saturated rings. The smallest absolute Gasteiger partial charge is 0.179 e. The summed E-state index contributed by atoms with van der Waals surface area (Å²) in [6, 6.07) is 6.27. The molecule has 7 nitrogen and oxygen atoms in total. The topological polar surface area (TPSA) is 70.3 Å². The number of halogens is 2. The molecule has 0 amide bonds. The molecule has 2 unspecified atom stereocenters. The first-order chi connectivity index (χ1) is 16.4. The number of aryl methyl sites for hydroxylation is 1. The summed E-state index contributed by atoms with van der Waals surface area (Å²) in [7, 11) is 0. The van der Waals surface area contributed by atoms with E-state index in [4.69, 9.17) is 38.3 Å². The van der Waals surface area contributed by atoms with Gasteiger partial charge in [0.2, 0.25) is 0 Å². The summed E-state index contributed by atoms with van der Waals surface area (Å²) in [5, 5.41) is 15.8. The van der Waals surface area contributed by atoms with Gasteiger partial charge in [-0.2, -0.15) is 5.10 Å². The maximum atomic E-state index is 9.78. The minimum atomic E-state index is -0.110. The van der Waals surface area contributed by atoms with Crippen LogP contribution in [-0.4, -0.2) is 68.1 Å². The van der Waals surface area contributed by atoms with Gasteiger partial charge in [0.05, 0.1) is 24.5 Å². The predicted molar refractivity (Wildman–Crippen MR) is 137 cm³/mol. The number of fused-ring (bicyclic) bond motifs is 1. The lowest BCUT2D eigenvalue weighted by molar-refractivity contribution is 0.0800. The summed E-state index contributed by atoms with van der Waals surface area (Å²) >= 11 is 12.6.